The minimum absolute atomic E-state index is 0.572. The van der Waals surface area contributed by atoms with Gasteiger partial charge in [-0.3, -0.25) is 0 Å². The number of piperidine rings is 1. The number of anilines is 2. The lowest BCUT2D eigenvalue weighted by atomic mass is 10.0. The molecule has 98 valence electrons. The molecule has 1 aliphatic heterocycles. The van der Waals surface area contributed by atoms with Crippen molar-refractivity contribution in [3.63, 3.8) is 0 Å². The van der Waals surface area contributed by atoms with E-state index in [1.165, 1.54) is 5.69 Å². The Morgan fingerprint density at radius 1 is 0.947 bits per heavy atom. The third kappa shape index (κ3) is 3.05. The molecule has 0 aliphatic carbocycles. The van der Waals surface area contributed by atoms with Crippen molar-refractivity contribution >= 4 is 11.5 Å². The van der Waals surface area contributed by atoms with Gasteiger partial charge in [0.05, 0.1) is 0 Å². The summed E-state index contributed by atoms with van der Waals surface area (Å²) in [6.45, 7) is 2.14. The molecule has 1 N–H and O–H groups in total. The van der Waals surface area contributed by atoms with Crippen molar-refractivity contribution in [1.82, 2.24) is 4.98 Å². The van der Waals surface area contributed by atoms with Crippen LogP contribution in [0.3, 0.4) is 0 Å². The van der Waals surface area contributed by atoms with E-state index in [0.29, 0.717) is 6.04 Å². The molecule has 1 aromatic carbocycles. The summed E-state index contributed by atoms with van der Waals surface area (Å²) in [4.78, 5) is 6.78. The zero-order valence-corrected chi connectivity index (χ0v) is 11.0. The Hall–Kier alpha value is -2.03. The van der Waals surface area contributed by atoms with Gasteiger partial charge >= 0.3 is 0 Å². The average molecular weight is 253 g/mol. The molecule has 1 saturated heterocycles. The number of pyridine rings is 1. The monoisotopic (exact) mass is 253 g/mol. The maximum atomic E-state index is 4.42. The van der Waals surface area contributed by atoms with Crippen molar-refractivity contribution < 1.29 is 0 Å². The molecule has 0 bridgehead atoms. The summed E-state index contributed by atoms with van der Waals surface area (Å²) >= 11 is 0. The summed E-state index contributed by atoms with van der Waals surface area (Å²) < 4.78 is 0. The van der Waals surface area contributed by atoms with Crippen LogP contribution in [0.1, 0.15) is 12.8 Å². The Bertz CT molecular complexity index is 490. The van der Waals surface area contributed by atoms with Crippen LogP contribution in [-0.4, -0.2) is 24.1 Å². The highest BCUT2D eigenvalue weighted by atomic mass is 15.2. The van der Waals surface area contributed by atoms with Crippen LogP contribution < -0.4 is 10.2 Å². The number of nitrogens with zero attached hydrogens (tertiary/aromatic N) is 2. The van der Waals surface area contributed by atoms with Crippen LogP contribution in [0.5, 0.6) is 0 Å². The standard InChI is InChI=1S/C16H19N3/c1-2-6-14(7-3-1)18-15-9-12-19(13-10-15)16-8-4-5-11-17-16/h1-8,11,15,18H,9-10,12-13H2. The number of aromatic nitrogens is 1. The second-order valence-electron chi connectivity index (χ2n) is 4.96. The number of nitrogens with one attached hydrogen (secondary N) is 1. The van der Waals surface area contributed by atoms with Gasteiger partial charge in [0.1, 0.15) is 5.82 Å². The maximum Gasteiger partial charge on any atom is 0.128 e. The quantitative estimate of drug-likeness (QED) is 0.910. The lowest BCUT2D eigenvalue weighted by Gasteiger charge is -2.33. The molecular formula is C16H19N3. The highest BCUT2D eigenvalue weighted by molar-refractivity contribution is 5.44. The zero-order valence-electron chi connectivity index (χ0n) is 11.0. The second-order valence-corrected chi connectivity index (χ2v) is 4.96. The Kier molecular flexibility index (Phi) is 3.63. The Balaban J connectivity index is 1.55. The lowest BCUT2D eigenvalue weighted by Crippen LogP contribution is -2.39. The number of hydrogen-bond donors (Lipinski definition) is 1. The van der Waals surface area contributed by atoms with Gasteiger partial charge in [-0.1, -0.05) is 24.3 Å². The molecule has 2 aromatic rings. The fourth-order valence-corrected chi connectivity index (χ4v) is 2.56. The fraction of sp³-hybridized carbons (Fsp3) is 0.312. The van der Waals surface area contributed by atoms with Crippen LogP contribution >= 0.6 is 0 Å². The summed E-state index contributed by atoms with van der Waals surface area (Å²) in [5.74, 6) is 1.10. The maximum absolute atomic E-state index is 4.42. The highest BCUT2D eigenvalue weighted by Crippen LogP contribution is 2.20. The van der Waals surface area contributed by atoms with Crippen LogP contribution in [-0.2, 0) is 0 Å². The van der Waals surface area contributed by atoms with Gasteiger partial charge in [-0.25, -0.2) is 4.98 Å². The lowest BCUT2D eigenvalue weighted by molar-refractivity contribution is 0.523. The average Bonchev–Trinajstić information content (AvgIpc) is 2.50. The van der Waals surface area contributed by atoms with E-state index in [9.17, 15) is 0 Å². The molecule has 0 amide bonds. The van der Waals surface area contributed by atoms with E-state index < -0.39 is 0 Å². The van der Waals surface area contributed by atoms with Gasteiger partial charge in [-0.05, 0) is 37.1 Å². The third-order valence-electron chi connectivity index (χ3n) is 3.61. The van der Waals surface area contributed by atoms with Crippen molar-refractivity contribution in [2.45, 2.75) is 18.9 Å². The predicted molar refractivity (Wildman–Crippen MR) is 79.5 cm³/mol. The molecule has 0 spiro atoms. The number of para-hydroxylation sites is 1. The van der Waals surface area contributed by atoms with Crippen molar-refractivity contribution in [3.05, 3.63) is 54.7 Å². The van der Waals surface area contributed by atoms with Gasteiger partial charge in [0, 0.05) is 31.0 Å². The van der Waals surface area contributed by atoms with E-state index in [1.54, 1.807) is 0 Å². The van der Waals surface area contributed by atoms with E-state index in [-0.39, 0.29) is 0 Å². The van der Waals surface area contributed by atoms with E-state index in [0.717, 1.165) is 31.7 Å². The number of rotatable bonds is 3. The molecule has 3 heteroatoms. The van der Waals surface area contributed by atoms with Gasteiger partial charge in [0.2, 0.25) is 0 Å². The zero-order chi connectivity index (χ0) is 12.9. The SMILES string of the molecule is c1ccc(NC2CCN(c3ccccn3)CC2)cc1. The number of hydrogen-bond acceptors (Lipinski definition) is 3. The highest BCUT2D eigenvalue weighted by Gasteiger charge is 2.19. The minimum atomic E-state index is 0.572. The molecule has 2 heterocycles. The smallest absolute Gasteiger partial charge is 0.128 e. The van der Waals surface area contributed by atoms with Crippen LogP contribution in [0.15, 0.2) is 54.7 Å². The minimum Gasteiger partial charge on any atom is -0.382 e. The van der Waals surface area contributed by atoms with Crippen LogP contribution in [0.2, 0.25) is 0 Å². The molecule has 0 atom stereocenters. The summed E-state index contributed by atoms with van der Waals surface area (Å²) in [6, 6.07) is 17.1. The second kappa shape index (κ2) is 5.74. The molecule has 19 heavy (non-hydrogen) atoms. The first-order chi connectivity index (χ1) is 9.42. The molecule has 1 aromatic heterocycles. The molecule has 0 saturated carbocycles. The van der Waals surface area contributed by atoms with Gasteiger partial charge in [-0.15, -0.1) is 0 Å². The number of benzene rings is 1. The van der Waals surface area contributed by atoms with E-state index >= 15 is 0 Å². The third-order valence-corrected chi connectivity index (χ3v) is 3.61. The van der Waals surface area contributed by atoms with Gasteiger partial charge in [0.15, 0.2) is 0 Å². The molecule has 1 aliphatic rings. The first kappa shape index (κ1) is 12.0. The van der Waals surface area contributed by atoms with E-state index in [4.69, 9.17) is 0 Å². The van der Waals surface area contributed by atoms with Gasteiger partial charge < -0.3 is 10.2 Å². The Labute approximate surface area is 114 Å². The van der Waals surface area contributed by atoms with Gasteiger partial charge in [0.25, 0.3) is 0 Å². The molecular weight excluding hydrogens is 234 g/mol. The molecule has 0 radical (unpaired) electrons. The normalized spacial score (nSPS) is 16.3. The van der Waals surface area contributed by atoms with Crippen molar-refractivity contribution in [1.29, 1.82) is 0 Å². The van der Waals surface area contributed by atoms with Gasteiger partial charge in [-0.2, -0.15) is 0 Å². The fourth-order valence-electron chi connectivity index (χ4n) is 2.56. The van der Waals surface area contributed by atoms with Crippen molar-refractivity contribution in [3.8, 4) is 0 Å². The van der Waals surface area contributed by atoms with Crippen molar-refractivity contribution in [2.75, 3.05) is 23.3 Å². The topological polar surface area (TPSA) is 28.2 Å². The van der Waals surface area contributed by atoms with Crippen LogP contribution in [0.25, 0.3) is 0 Å². The Morgan fingerprint density at radius 2 is 1.68 bits per heavy atom. The first-order valence-corrected chi connectivity index (χ1v) is 6.89. The molecule has 3 nitrogen and oxygen atoms in total. The summed E-state index contributed by atoms with van der Waals surface area (Å²) in [5.41, 5.74) is 1.22. The van der Waals surface area contributed by atoms with E-state index in [2.05, 4.69) is 57.7 Å². The predicted octanol–water partition coefficient (Wildman–Crippen LogP) is 3.16. The molecule has 3 rings (SSSR count). The van der Waals surface area contributed by atoms with Crippen LogP contribution in [0.4, 0.5) is 11.5 Å². The summed E-state index contributed by atoms with van der Waals surface area (Å²) in [6.07, 6.45) is 4.18. The van der Waals surface area contributed by atoms with Crippen molar-refractivity contribution in [2.24, 2.45) is 0 Å². The first-order valence-electron chi connectivity index (χ1n) is 6.89. The summed E-state index contributed by atoms with van der Waals surface area (Å²) in [7, 11) is 0. The molecule has 0 unspecified atom stereocenters. The Morgan fingerprint density at radius 3 is 2.37 bits per heavy atom. The van der Waals surface area contributed by atoms with E-state index in [1.807, 2.05) is 12.3 Å². The van der Waals surface area contributed by atoms with Crippen LogP contribution in [0, 0.1) is 0 Å². The largest absolute Gasteiger partial charge is 0.382 e. The molecule has 1 fully saturated rings. The summed E-state index contributed by atoms with van der Waals surface area (Å²) in [5, 5.41) is 3.61.